The monoisotopic (exact) mass is 388 g/mol. The summed E-state index contributed by atoms with van der Waals surface area (Å²) in [5, 5.41) is 4.36. The second-order valence-corrected chi connectivity index (χ2v) is 8.63. The fraction of sp³-hybridized carbons (Fsp3) is 0.571. The summed E-state index contributed by atoms with van der Waals surface area (Å²) in [5.41, 5.74) is 2.17. The first-order chi connectivity index (χ1) is 13.2. The molecule has 6 heteroatoms. The molecule has 2 fully saturated rings. The molecule has 0 saturated carbocycles. The van der Waals surface area contributed by atoms with E-state index in [2.05, 4.69) is 26.6 Å². The van der Waals surface area contributed by atoms with E-state index in [-0.39, 0.29) is 11.4 Å². The lowest BCUT2D eigenvalue weighted by molar-refractivity contribution is -0.157. The Bertz CT molecular complexity index is 731. The summed E-state index contributed by atoms with van der Waals surface area (Å²) in [6.45, 7) is 7.89. The normalized spacial score (nSPS) is 26.6. The minimum Gasteiger partial charge on any atom is -0.472 e. The van der Waals surface area contributed by atoms with Crippen molar-refractivity contribution in [2.24, 2.45) is 11.3 Å². The number of carbonyl (C=O) groups is 1. The molecule has 0 unspecified atom stereocenters. The first-order valence-electron chi connectivity index (χ1n) is 9.83. The summed E-state index contributed by atoms with van der Waals surface area (Å²) in [4.78, 5) is 18.0. The topological polar surface area (TPSA) is 45.9 Å². The van der Waals surface area contributed by atoms with Crippen molar-refractivity contribution in [2.45, 2.75) is 32.9 Å². The Balaban J connectivity index is 1.52. The Morgan fingerprint density at radius 1 is 1.30 bits per heavy atom. The molecule has 146 valence electrons. The van der Waals surface area contributed by atoms with E-state index in [0.29, 0.717) is 12.5 Å². The van der Waals surface area contributed by atoms with Gasteiger partial charge in [-0.15, -0.1) is 0 Å². The lowest BCUT2D eigenvalue weighted by Crippen LogP contribution is -2.42. The molecule has 0 spiro atoms. The number of thiophene rings is 1. The summed E-state index contributed by atoms with van der Waals surface area (Å²) in [6, 6.07) is 4.21. The Hall–Kier alpha value is -1.63. The van der Waals surface area contributed by atoms with Gasteiger partial charge in [0.2, 0.25) is 0 Å². The van der Waals surface area contributed by atoms with E-state index >= 15 is 0 Å². The van der Waals surface area contributed by atoms with Gasteiger partial charge in [-0.1, -0.05) is 0 Å². The van der Waals surface area contributed by atoms with Gasteiger partial charge in [0.1, 0.15) is 0 Å². The van der Waals surface area contributed by atoms with Crippen molar-refractivity contribution in [1.82, 2.24) is 9.80 Å². The number of hydrogen-bond acceptors (Lipinski definition) is 6. The van der Waals surface area contributed by atoms with E-state index in [1.54, 1.807) is 23.9 Å². The predicted octanol–water partition coefficient (Wildman–Crippen LogP) is 3.62. The molecule has 2 aliphatic rings. The van der Waals surface area contributed by atoms with Crippen LogP contribution in [0.25, 0.3) is 0 Å². The zero-order valence-electron chi connectivity index (χ0n) is 15.9. The van der Waals surface area contributed by atoms with Crippen molar-refractivity contribution in [2.75, 3.05) is 32.8 Å². The maximum atomic E-state index is 13.0. The molecule has 2 atom stereocenters. The van der Waals surface area contributed by atoms with Crippen LogP contribution in [0.3, 0.4) is 0 Å². The van der Waals surface area contributed by atoms with Crippen molar-refractivity contribution >= 4 is 17.3 Å². The Labute approximate surface area is 164 Å². The highest BCUT2D eigenvalue weighted by Crippen LogP contribution is 2.44. The number of nitrogens with zero attached hydrogens (tertiary/aromatic N) is 2. The van der Waals surface area contributed by atoms with Crippen LogP contribution >= 0.6 is 11.3 Å². The number of furan rings is 1. The highest BCUT2D eigenvalue weighted by atomic mass is 32.1. The molecule has 2 saturated heterocycles. The molecule has 2 aromatic rings. The highest BCUT2D eigenvalue weighted by molar-refractivity contribution is 7.07. The van der Waals surface area contributed by atoms with Crippen LogP contribution in [0.1, 0.15) is 30.9 Å². The molecule has 0 aliphatic carbocycles. The third kappa shape index (κ3) is 3.98. The van der Waals surface area contributed by atoms with Crippen LogP contribution in [0, 0.1) is 11.3 Å². The molecule has 2 aliphatic heterocycles. The molecule has 0 bridgehead atoms. The smallest absolute Gasteiger partial charge is 0.313 e. The molecule has 0 N–H and O–H groups in total. The van der Waals surface area contributed by atoms with Crippen LogP contribution in [-0.4, -0.2) is 48.6 Å². The van der Waals surface area contributed by atoms with E-state index in [1.807, 2.05) is 13.0 Å². The van der Waals surface area contributed by atoms with Gasteiger partial charge >= 0.3 is 5.97 Å². The van der Waals surface area contributed by atoms with Gasteiger partial charge in [0.15, 0.2) is 0 Å². The molecule has 27 heavy (non-hydrogen) atoms. The predicted molar refractivity (Wildman–Crippen MR) is 105 cm³/mol. The second kappa shape index (κ2) is 8.17. The second-order valence-electron chi connectivity index (χ2n) is 7.85. The molecule has 0 radical (unpaired) electrons. The molecule has 2 aromatic heterocycles. The SMILES string of the molecule is CCOC(=O)[C@@]12CCCN(Cc3ccsc3)C[C@@H]1CN(Cc1ccoc1)C2. The van der Waals surface area contributed by atoms with Crippen LogP contribution in [0.5, 0.6) is 0 Å². The zero-order chi connectivity index (χ0) is 18.7. The lowest BCUT2D eigenvalue weighted by atomic mass is 9.75. The van der Waals surface area contributed by atoms with Gasteiger partial charge < -0.3 is 9.15 Å². The van der Waals surface area contributed by atoms with Crippen LogP contribution in [0.15, 0.2) is 39.8 Å². The fourth-order valence-electron chi connectivity index (χ4n) is 4.77. The van der Waals surface area contributed by atoms with Crippen molar-refractivity contribution < 1.29 is 13.9 Å². The summed E-state index contributed by atoms with van der Waals surface area (Å²) in [6.07, 6.45) is 5.47. The van der Waals surface area contributed by atoms with Crippen LogP contribution in [0.4, 0.5) is 0 Å². The maximum absolute atomic E-state index is 13.0. The number of ether oxygens (including phenoxy) is 1. The Morgan fingerprint density at radius 3 is 2.89 bits per heavy atom. The Morgan fingerprint density at radius 2 is 2.15 bits per heavy atom. The summed E-state index contributed by atoms with van der Waals surface area (Å²) in [5.74, 6) is 0.312. The van der Waals surface area contributed by atoms with Crippen molar-refractivity contribution in [3.8, 4) is 0 Å². The molecule has 4 rings (SSSR count). The number of hydrogen-bond donors (Lipinski definition) is 0. The zero-order valence-corrected chi connectivity index (χ0v) is 16.7. The van der Waals surface area contributed by atoms with Gasteiger partial charge in [0, 0.05) is 44.2 Å². The van der Waals surface area contributed by atoms with Crippen LogP contribution in [-0.2, 0) is 22.6 Å². The third-order valence-electron chi connectivity index (χ3n) is 6.00. The molecule has 0 amide bonds. The average Bonchev–Trinajstić information content (AvgIpc) is 3.37. The number of likely N-dealkylation sites (tertiary alicyclic amines) is 2. The van der Waals surface area contributed by atoms with E-state index < -0.39 is 0 Å². The highest BCUT2D eigenvalue weighted by Gasteiger charge is 2.53. The summed E-state index contributed by atoms with van der Waals surface area (Å²) >= 11 is 1.75. The summed E-state index contributed by atoms with van der Waals surface area (Å²) < 4.78 is 10.8. The van der Waals surface area contributed by atoms with Gasteiger partial charge in [-0.3, -0.25) is 14.6 Å². The van der Waals surface area contributed by atoms with E-state index in [1.165, 1.54) is 11.1 Å². The van der Waals surface area contributed by atoms with Gasteiger partial charge in [-0.25, -0.2) is 0 Å². The standard InChI is InChI=1S/C21H28N2O3S/c1-2-26-20(24)21-6-3-7-22(11-18-5-9-27-15-18)12-19(21)13-23(16-21)10-17-4-8-25-14-17/h4-5,8-9,14-15,19H,2-3,6-7,10-13,16H2,1H3/t19-,21-/m1/s1. The fourth-order valence-corrected chi connectivity index (χ4v) is 5.43. The van der Waals surface area contributed by atoms with E-state index in [9.17, 15) is 4.79 Å². The number of esters is 1. The first kappa shape index (κ1) is 18.7. The van der Waals surface area contributed by atoms with Gasteiger partial charge in [0.05, 0.1) is 24.5 Å². The number of carbonyl (C=O) groups excluding carboxylic acids is 1. The van der Waals surface area contributed by atoms with Gasteiger partial charge in [0.25, 0.3) is 0 Å². The van der Waals surface area contributed by atoms with Gasteiger partial charge in [-0.2, -0.15) is 11.3 Å². The average molecular weight is 389 g/mol. The number of rotatable bonds is 6. The Kier molecular flexibility index (Phi) is 5.66. The summed E-state index contributed by atoms with van der Waals surface area (Å²) in [7, 11) is 0. The minimum absolute atomic E-state index is 0.00192. The van der Waals surface area contributed by atoms with Crippen LogP contribution in [0.2, 0.25) is 0 Å². The molecular weight excluding hydrogens is 360 g/mol. The van der Waals surface area contributed by atoms with Crippen molar-refractivity contribution in [1.29, 1.82) is 0 Å². The largest absolute Gasteiger partial charge is 0.472 e. The molecule has 0 aromatic carbocycles. The van der Waals surface area contributed by atoms with Gasteiger partial charge in [-0.05, 0) is 54.8 Å². The van der Waals surface area contributed by atoms with Crippen molar-refractivity contribution in [3.05, 3.63) is 46.5 Å². The minimum atomic E-state index is -0.372. The third-order valence-corrected chi connectivity index (χ3v) is 6.73. The molecule has 5 nitrogen and oxygen atoms in total. The quantitative estimate of drug-likeness (QED) is 0.708. The molecular formula is C21H28N2O3S. The number of fused-ring (bicyclic) bond motifs is 1. The first-order valence-corrected chi connectivity index (χ1v) is 10.8. The maximum Gasteiger partial charge on any atom is 0.313 e. The molecule has 4 heterocycles. The lowest BCUT2D eigenvalue weighted by Gasteiger charge is -2.31. The van der Waals surface area contributed by atoms with E-state index in [0.717, 1.165) is 52.1 Å². The van der Waals surface area contributed by atoms with Crippen LogP contribution < -0.4 is 0 Å². The van der Waals surface area contributed by atoms with Crippen molar-refractivity contribution in [3.63, 3.8) is 0 Å². The van der Waals surface area contributed by atoms with E-state index in [4.69, 9.17) is 9.15 Å².